The molecular weight excluding hydrogens is 160 g/mol. The largest absolute Gasteiger partial charge is 0.315 e. The molecule has 0 aromatic rings. The van der Waals surface area contributed by atoms with Crippen LogP contribution in [0.2, 0.25) is 0 Å². The predicted molar refractivity (Wildman–Crippen MR) is 58.0 cm³/mol. The lowest BCUT2D eigenvalue weighted by atomic mass is 10.2. The van der Waals surface area contributed by atoms with Crippen LogP contribution >= 0.6 is 0 Å². The summed E-state index contributed by atoms with van der Waals surface area (Å²) in [6.07, 6.45) is 5.49. The van der Waals surface area contributed by atoms with Crippen LogP contribution in [0.5, 0.6) is 0 Å². The zero-order chi connectivity index (χ0) is 9.52. The van der Waals surface area contributed by atoms with Gasteiger partial charge in [-0.25, -0.2) is 0 Å². The van der Waals surface area contributed by atoms with Crippen molar-refractivity contribution >= 4 is 0 Å². The fourth-order valence-corrected chi connectivity index (χ4v) is 2.09. The smallest absolute Gasteiger partial charge is 0.0221 e. The number of likely N-dealkylation sites (tertiary alicyclic amines) is 1. The van der Waals surface area contributed by atoms with Gasteiger partial charge < -0.3 is 5.32 Å². The topological polar surface area (TPSA) is 15.3 Å². The van der Waals surface area contributed by atoms with Gasteiger partial charge in [0.25, 0.3) is 0 Å². The summed E-state index contributed by atoms with van der Waals surface area (Å²) in [4.78, 5) is 2.66. The number of rotatable bonds is 6. The molecule has 1 fully saturated rings. The minimum Gasteiger partial charge on any atom is -0.315 e. The molecule has 2 heteroatoms. The Morgan fingerprint density at radius 3 is 2.92 bits per heavy atom. The molecular formula is C11H24N2. The second-order valence-corrected chi connectivity index (χ2v) is 3.99. The number of likely N-dealkylation sites (N-methyl/N-ethyl adjacent to an activating group) is 1. The zero-order valence-corrected chi connectivity index (χ0v) is 9.18. The van der Waals surface area contributed by atoms with Crippen molar-refractivity contribution < 1.29 is 0 Å². The maximum atomic E-state index is 3.45. The maximum absolute atomic E-state index is 3.45. The van der Waals surface area contributed by atoms with Gasteiger partial charge in [0.1, 0.15) is 0 Å². The van der Waals surface area contributed by atoms with Gasteiger partial charge in [0.15, 0.2) is 0 Å². The molecule has 1 rings (SSSR count). The molecule has 78 valence electrons. The van der Waals surface area contributed by atoms with Crippen LogP contribution in [0.4, 0.5) is 0 Å². The van der Waals surface area contributed by atoms with Crippen LogP contribution in [-0.4, -0.2) is 37.1 Å². The molecule has 2 nitrogen and oxygen atoms in total. The Morgan fingerprint density at radius 1 is 1.38 bits per heavy atom. The first-order chi connectivity index (χ1) is 6.38. The van der Waals surface area contributed by atoms with E-state index >= 15 is 0 Å². The monoisotopic (exact) mass is 184 g/mol. The molecule has 0 aromatic heterocycles. The molecule has 0 amide bonds. The Labute approximate surface area is 82.7 Å². The second kappa shape index (κ2) is 6.39. The molecule has 0 aliphatic carbocycles. The average Bonchev–Trinajstić information content (AvgIpc) is 2.59. The third kappa shape index (κ3) is 3.65. The molecule has 1 heterocycles. The number of nitrogens with zero attached hydrogens (tertiary/aromatic N) is 1. The number of unbranched alkanes of at least 4 members (excludes halogenated alkanes) is 1. The van der Waals surface area contributed by atoms with Gasteiger partial charge in [-0.05, 0) is 38.9 Å². The van der Waals surface area contributed by atoms with E-state index in [1.54, 1.807) is 0 Å². The van der Waals surface area contributed by atoms with Crippen LogP contribution in [0.15, 0.2) is 0 Å². The van der Waals surface area contributed by atoms with Crippen molar-refractivity contribution in [3.63, 3.8) is 0 Å². The highest BCUT2D eigenvalue weighted by Crippen LogP contribution is 2.16. The van der Waals surface area contributed by atoms with Crippen molar-refractivity contribution in [1.29, 1.82) is 0 Å². The van der Waals surface area contributed by atoms with Gasteiger partial charge in [-0.1, -0.05) is 20.3 Å². The molecule has 13 heavy (non-hydrogen) atoms. The first-order valence-electron chi connectivity index (χ1n) is 5.83. The molecule has 0 radical (unpaired) electrons. The molecule has 1 N–H and O–H groups in total. The highest BCUT2D eigenvalue weighted by Gasteiger charge is 2.22. The summed E-state index contributed by atoms with van der Waals surface area (Å²) in [5, 5.41) is 3.45. The predicted octanol–water partition coefficient (Wildman–Crippen LogP) is 1.86. The van der Waals surface area contributed by atoms with Crippen LogP contribution in [0.3, 0.4) is 0 Å². The fourth-order valence-electron chi connectivity index (χ4n) is 2.09. The standard InChI is InChI=1S/C11H24N2/c1-3-5-8-13-9-6-7-11(13)10-12-4-2/h11-12H,3-10H2,1-2H3/t11-/m0/s1. The van der Waals surface area contributed by atoms with E-state index in [1.807, 2.05) is 0 Å². The van der Waals surface area contributed by atoms with E-state index in [0.717, 1.165) is 12.6 Å². The zero-order valence-electron chi connectivity index (χ0n) is 9.18. The van der Waals surface area contributed by atoms with Gasteiger partial charge in [-0.15, -0.1) is 0 Å². The first-order valence-corrected chi connectivity index (χ1v) is 5.83. The van der Waals surface area contributed by atoms with E-state index in [-0.39, 0.29) is 0 Å². The molecule has 1 aliphatic rings. The molecule has 0 aromatic carbocycles. The van der Waals surface area contributed by atoms with Crippen molar-refractivity contribution in [2.75, 3.05) is 26.2 Å². The lowest BCUT2D eigenvalue weighted by molar-refractivity contribution is 0.245. The Balaban J connectivity index is 2.18. The molecule has 0 unspecified atom stereocenters. The number of hydrogen-bond acceptors (Lipinski definition) is 2. The highest BCUT2D eigenvalue weighted by molar-refractivity contribution is 4.80. The van der Waals surface area contributed by atoms with Gasteiger partial charge in [0.05, 0.1) is 0 Å². The van der Waals surface area contributed by atoms with E-state index in [4.69, 9.17) is 0 Å². The normalized spacial score (nSPS) is 24.0. The molecule has 0 spiro atoms. The van der Waals surface area contributed by atoms with Gasteiger partial charge in [0.2, 0.25) is 0 Å². The van der Waals surface area contributed by atoms with Gasteiger partial charge >= 0.3 is 0 Å². The summed E-state index contributed by atoms with van der Waals surface area (Å²) in [5.41, 5.74) is 0. The molecule has 1 atom stereocenters. The summed E-state index contributed by atoms with van der Waals surface area (Å²) >= 11 is 0. The summed E-state index contributed by atoms with van der Waals surface area (Å²) in [5.74, 6) is 0. The Kier molecular flexibility index (Phi) is 5.40. The summed E-state index contributed by atoms with van der Waals surface area (Å²) < 4.78 is 0. The van der Waals surface area contributed by atoms with E-state index in [0.29, 0.717) is 0 Å². The van der Waals surface area contributed by atoms with Crippen LogP contribution in [0, 0.1) is 0 Å². The van der Waals surface area contributed by atoms with Crippen molar-refractivity contribution in [2.45, 2.75) is 45.6 Å². The van der Waals surface area contributed by atoms with Gasteiger partial charge in [-0.2, -0.15) is 0 Å². The van der Waals surface area contributed by atoms with E-state index < -0.39 is 0 Å². The summed E-state index contributed by atoms with van der Waals surface area (Å²) in [6, 6.07) is 0.825. The quantitative estimate of drug-likeness (QED) is 0.678. The Morgan fingerprint density at radius 2 is 2.23 bits per heavy atom. The third-order valence-corrected chi connectivity index (χ3v) is 2.93. The van der Waals surface area contributed by atoms with E-state index in [9.17, 15) is 0 Å². The van der Waals surface area contributed by atoms with Crippen LogP contribution in [0.25, 0.3) is 0 Å². The SMILES string of the molecule is CCCCN1CCC[C@H]1CNCC. The molecule has 1 aliphatic heterocycles. The molecule has 0 bridgehead atoms. The van der Waals surface area contributed by atoms with E-state index in [1.165, 1.54) is 45.3 Å². The minimum atomic E-state index is 0.825. The first kappa shape index (κ1) is 11.0. The lowest BCUT2D eigenvalue weighted by Crippen LogP contribution is -2.38. The third-order valence-electron chi connectivity index (χ3n) is 2.93. The maximum Gasteiger partial charge on any atom is 0.0221 e. The summed E-state index contributed by atoms with van der Waals surface area (Å²) in [6.45, 7) is 9.40. The van der Waals surface area contributed by atoms with Crippen LogP contribution < -0.4 is 5.32 Å². The van der Waals surface area contributed by atoms with Crippen molar-refractivity contribution in [2.24, 2.45) is 0 Å². The Hall–Kier alpha value is -0.0800. The average molecular weight is 184 g/mol. The Bertz CT molecular complexity index is 111. The molecule has 1 saturated heterocycles. The van der Waals surface area contributed by atoms with Crippen LogP contribution in [-0.2, 0) is 0 Å². The minimum absolute atomic E-state index is 0.825. The number of nitrogens with one attached hydrogen (secondary N) is 1. The van der Waals surface area contributed by atoms with E-state index in [2.05, 4.69) is 24.1 Å². The fraction of sp³-hybridized carbons (Fsp3) is 1.00. The lowest BCUT2D eigenvalue weighted by Gasteiger charge is -2.24. The second-order valence-electron chi connectivity index (χ2n) is 3.99. The van der Waals surface area contributed by atoms with Gasteiger partial charge in [-0.3, -0.25) is 4.90 Å². The van der Waals surface area contributed by atoms with Crippen molar-refractivity contribution in [1.82, 2.24) is 10.2 Å². The molecule has 0 saturated carbocycles. The summed E-state index contributed by atoms with van der Waals surface area (Å²) in [7, 11) is 0. The van der Waals surface area contributed by atoms with Crippen molar-refractivity contribution in [3.05, 3.63) is 0 Å². The van der Waals surface area contributed by atoms with Crippen LogP contribution in [0.1, 0.15) is 39.5 Å². The van der Waals surface area contributed by atoms with Crippen molar-refractivity contribution in [3.8, 4) is 0 Å². The highest BCUT2D eigenvalue weighted by atomic mass is 15.2. The number of hydrogen-bond donors (Lipinski definition) is 1. The van der Waals surface area contributed by atoms with Gasteiger partial charge in [0, 0.05) is 12.6 Å².